The van der Waals surface area contributed by atoms with E-state index < -0.39 is 11.9 Å². The van der Waals surface area contributed by atoms with Crippen molar-refractivity contribution in [2.24, 2.45) is 0 Å². The summed E-state index contributed by atoms with van der Waals surface area (Å²) in [6, 6.07) is 11.2. The molecule has 1 N–H and O–H groups in total. The van der Waals surface area contributed by atoms with Crippen molar-refractivity contribution in [3.05, 3.63) is 59.4 Å². The molecule has 0 aliphatic carbocycles. The molecular formula is C24H29FN2O4. The fourth-order valence-electron chi connectivity index (χ4n) is 3.43. The second kappa shape index (κ2) is 10.8. The van der Waals surface area contributed by atoms with E-state index >= 15 is 0 Å². The molecule has 0 saturated heterocycles. The molecular weight excluding hydrogens is 399 g/mol. The summed E-state index contributed by atoms with van der Waals surface area (Å²) in [5.41, 5.74) is 1.32. The SMILES string of the molecule is CCCNC(=O)[C@@H](C)N(Cc1ccccc1F)C(=O)CCc1ccc2c(c1)OCCO2. The molecule has 1 heterocycles. The Labute approximate surface area is 182 Å². The van der Waals surface area contributed by atoms with Crippen molar-refractivity contribution in [3.8, 4) is 11.5 Å². The van der Waals surface area contributed by atoms with Gasteiger partial charge >= 0.3 is 0 Å². The summed E-state index contributed by atoms with van der Waals surface area (Å²) in [4.78, 5) is 27.1. The van der Waals surface area contributed by atoms with Crippen LogP contribution in [0.1, 0.15) is 37.8 Å². The molecule has 6 nitrogen and oxygen atoms in total. The summed E-state index contributed by atoms with van der Waals surface area (Å²) in [6.07, 6.45) is 1.47. The quantitative estimate of drug-likeness (QED) is 0.664. The normalized spacial score (nSPS) is 13.4. The standard InChI is InChI=1S/C24H29FN2O4/c1-3-12-26-24(29)17(2)27(16-19-6-4-5-7-20(19)25)23(28)11-9-18-8-10-21-22(15-18)31-14-13-30-21/h4-8,10,15,17H,3,9,11-14,16H2,1-2H3,(H,26,29)/t17-/m1/s1. The Hall–Kier alpha value is -3.09. The number of rotatable bonds is 9. The van der Waals surface area contributed by atoms with E-state index in [4.69, 9.17) is 9.47 Å². The lowest BCUT2D eigenvalue weighted by Crippen LogP contribution is -2.47. The van der Waals surface area contributed by atoms with Gasteiger partial charge in [-0.1, -0.05) is 31.2 Å². The Bertz CT molecular complexity index is 918. The molecule has 0 bridgehead atoms. The first-order chi connectivity index (χ1) is 15.0. The van der Waals surface area contributed by atoms with E-state index in [1.807, 2.05) is 25.1 Å². The highest BCUT2D eigenvalue weighted by molar-refractivity contribution is 5.87. The summed E-state index contributed by atoms with van der Waals surface area (Å²) in [5, 5.41) is 2.82. The molecule has 1 atom stereocenters. The van der Waals surface area contributed by atoms with E-state index in [0.717, 1.165) is 12.0 Å². The molecule has 31 heavy (non-hydrogen) atoms. The van der Waals surface area contributed by atoms with Gasteiger partial charge in [-0.2, -0.15) is 0 Å². The van der Waals surface area contributed by atoms with Crippen molar-refractivity contribution in [2.75, 3.05) is 19.8 Å². The number of halogens is 1. The van der Waals surface area contributed by atoms with E-state index in [1.165, 1.54) is 11.0 Å². The van der Waals surface area contributed by atoms with E-state index in [1.54, 1.807) is 25.1 Å². The van der Waals surface area contributed by atoms with Crippen LogP contribution in [0.15, 0.2) is 42.5 Å². The van der Waals surface area contributed by atoms with Crippen molar-refractivity contribution in [1.29, 1.82) is 0 Å². The van der Waals surface area contributed by atoms with Crippen molar-refractivity contribution in [3.63, 3.8) is 0 Å². The smallest absolute Gasteiger partial charge is 0.242 e. The summed E-state index contributed by atoms with van der Waals surface area (Å²) in [5.74, 6) is 0.520. The minimum absolute atomic E-state index is 0.0351. The van der Waals surface area contributed by atoms with Crippen molar-refractivity contribution in [1.82, 2.24) is 10.2 Å². The predicted octanol–water partition coefficient (Wildman–Crippen LogP) is 3.47. The molecule has 0 fully saturated rings. The van der Waals surface area contributed by atoms with Gasteiger partial charge < -0.3 is 19.7 Å². The molecule has 3 rings (SSSR count). The number of benzene rings is 2. The van der Waals surface area contributed by atoms with Gasteiger partial charge in [0, 0.05) is 25.1 Å². The Kier molecular flexibility index (Phi) is 7.87. The number of nitrogens with one attached hydrogen (secondary N) is 1. The largest absolute Gasteiger partial charge is 0.486 e. The Morgan fingerprint density at radius 1 is 1.13 bits per heavy atom. The molecule has 0 aromatic heterocycles. The van der Waals surface area contributed by atoms with Crippen LogP contribution >= 0.6 is 0 Å². The van der Waals surface area contributed by atoms with Crippen LogP contribution in [0.25, 0.3) is 0 Å². The minimum atomic E-state index is -0.709. The number of carbonyl (C=O) groups excluding carboxylic acids is 2. The maximum Gasteiger partial charge on any atom is 0.242 e. The highest BCUT2D eigenvalue weighted by atomic mass is 19.1. The molecule has 0 saturated carbocycles. The highest BCUT2D eigenvalue weighted by Gasteiger charge is 2.26. The van der Waals surface area contributed by atoms with Gasteiger partial charge in [-0.3, -0.25) is 9.59 Å². The molecule has 166 valence electrons. The fraction of sp³-hybridized carbons (Fsp3) is 0.417. The number of nitrogens with zero attached hydrogens (tertiary/aromatic N) is 1. The molecule has 2 aromatic carbocycles. The molecule has 2 aromatic rings. The lowest BCUT2D eigenvalue weighted by Gasteiger charge is -2.29. The number of hydrogen-bond donors (Lipinski definition) is 1. The van der Waals surface area contributed by atoms with Gasteiger partial charge in [0.2, 0.25) is 11.8 Å². The molecule has 2 amide bonds. The highest BCUT2D eigenvalue weighted by Crippen LogP contribution is 2.31. The molecule has 1 aliphatic rings. The molecule has 1 aliphatic heterocycles. The third-order valence-electron chi connectivity index (χ3n) is 5.25. The number of fused-ring (bicyclic) bond motifs is 1. The zero-order valence-corrected chi connectivity index (χ0v) is 18.0. The maximum atomic E-state index is 14.2. The van der Waals surface area contributed by atoms with Crippen LogP contribution in [-0.2, 0) is 22.6 Å². The summed E-state index contributed by atoms with van der Waals surface area (Å²) in [7, 11) is 0. The minimum Gasteiger partial charge on any atom is -0.486 e. The van der Waals surface area contributed by atoms with Crippen LogP contribution < -0.4 is 14.8 Å². The van der Waals surface area contributed by atoms with Crippen LogP contribution in [0.5, 0.6) is 11.5 Å². The van der Waals surface area contributed by atoms with E-state index in [2.05, 4.69) is 5.32 Å². The second-order valence-electron chi connectivity index (χ2n) is 7.56. The molecule has 0 spiro atoms. The lowest BCUT2D eigenvalue weighted by atomic mass is 10.1. The van der Waals surface area contributed by atoms with Crippen LogP contribution in [0.2, 0.25) is 0 Å². The third-order valence-corrected chi connectivity index (χ3v) is 5.25. The summed E-state index contributed by atoms with van der Waals surface area (Å²) in [6.45, 7) is 5.22. The predicted molar refractivity (Wildman–Crippen MR) is 115 cm³/mol. The van der Waals surface area contributed by atoms with Gasteiger partial charge in [0.1, 0.15) is 25.1 Å². The van der Waals surface area contributed by atoms with Gasteiger partial charge in [-0.05, 0) is 43.5 Å². The topological polar surface area (TPSA) is 67.9 Å². The summed E-state index contributed by atoms with van der Waals surface area (Å²) >= 11 is 0. The number of ether oxygens (including phenoxy) is 2. The average molecular weight is 429 g/mol. The van der Waals surface area contributed by atoms with E-state index in [0.29, 0.717) is 43.2 Å². The van der Waals surface area contributed by atoms with Crippen LogP contribution in [0.3, 0.4) is 0 Å². The van der Waals surface area contributed by atoms with Crippen LogP contribution in [-0.4, -0.2) is 42.5 Å². The molecule has 0 radical (unpaired) electrons. The van der Waals surface area contributed by atoms with E-state index in [-0.39, 0.29) is 24.8 Å². The van der Waals surface area contributed by atoms with E-state index in [9.17, 15) is 14.0 Å². The maximum absolute atomic E-state index is 14.2. The molecule has 7 heteroatoms. The number of amides is 2. The Morgan fingerprint density at radius 3 is 2.61 bits per heavy atom. The van der Waals surface area contributed by atoms with Crippen molar-refractivity contribution >= 4 is 11.8 Å². The van der Waals surface area contributed by atoms with Crippen molar-refractivity contribution in [2.45, 2.75) is 45.7 Å². The lowest BCUT2D eigenvalue weighted by molar-refractivity contribution is -0.140. The monoisotopic (exact) mass is 428 g/mol. The third kappa shape index (κ3) is 5.96. The van der Waals surface area contributed by atoms with Gasteiger partial charge in [-0.15, -0.1) is 0 Å². The van der Waals surface area contributed by atoms with Gasteiger partial charge in [0.25, 0.3) is 0 Å². The second-order valence-corrected chi connectivity index (χ2v) is 7.56. The van der Waals surface area contributed by atoms with Gasteiger partial charge in [0.05, 0.1) is 0 Å². The van der Waals surface area contributed by atoms with Gasteiger partial charge in [0.15, 0.2) is 11.5 Å². The van der Waals surface area contributed by atoms with Crippen LogP contribution in [0.4, 0.5) is 4.39 Å². The zero-order chi connectivity index (χ0) is 22.2. The first-order valence-corrected chi connectivity index (χ1v) is 10.7. The summed E-state index contributed by atoms with van der Waals surface area (Å²) < 4.78 is 25.4. The zero-order valence-electron chi connectivity index (χ0n) is 18.0. The Balaban J connectivity index is 1.71. The molecule has 0 unspecified atom stereocenters. The Morgan fingerprint density at radius 2 is 1.87 bits per heavy atom. The number of carbonyl (C=O) groups is 2. The first kappa shape index (κ1) is 22.6. The number of hydrogen-bond acceptors (Lipinski definition) is 4. The number of aryl methyl sites for hydroxylation is 1. The van der Waals surface area contributed by atoms with Gasteiger partial charge in [-0.25, -0.2) is 4.39 Å². The first-order valence-electron chi connectivity index (χ1n) is 10.7. The fourth-order valence-corrected chi connectivity index (χ4v) is 3.43. The van der Waals surface area contributed by atoms with Crippen molar-refractivity contribution < 1.29 is 23.5 Å². The van der Waals surface area contributed by atoms with Crippen LogP contribution in [0, 0.1) is 5.82 Å². The average Bonchev–Trinajstić information content (AvgIpc) is 2.79.